The zero-order valence-corrected chi connectivity index (χ0v) is 23.1. The number of hydrogen-bond donors (Lipinski definition) is 3. The first kappa shape index (κ1) is 28.2. The van der Waals surface area contributed by atoms with Gasteiger partial charge in [0.2, 0.25) is 5.91 Å². The van der Waals surface area contributed by atoms with E-state index >= 15 is 0 Å². The summed E-state index contributed by atoms with van der Waals surface area (Å²) in [4.78, 5) is 57.0. The number of nitrogens with zero attached hydrogens (tertiary/aromatic N) is 2. The van der Waals surface area contributed by atoms with Gasteiger partial charge in [-0.25, -0.2) is 5.43 Å². The zero-order chi connectivity index (χ0) is 28.3. The fourth-order valence-corrected chi connectivity index (χ4v) is 4.54. The van der Waals surface area contributed by atoms with Crippen molar-refractivity contribution in [2.24, 2.45) is 11.3 Å². The number of fused-ring (bicyclic) bond motifs is 4. The van der Waals surface area contributed by atoms with Gasteiger partial charge in [0.05, 0.1) is 23.2 Å². The van der Waals surface area contributed by atoms with Crippen LogP contribution in [0.15, 0.2) is 36.4 Å². The standard InChI is InChI=1S/C29H37N5O5/c1-17(2)24-26(36)31-18(3)27(37)34-14-6-7-22(33-34)25(35)30-16-21-11-10-20-9-8-19(15-23(20)32-21)12-13-29(4,5)28(38)39-24/h8-13,15,17-18,22,24,33H,6-7,14,16H2,1-5H3,(H,30,35)(H,31,36)/b13-12+/t18-,22-,24-/m0/s1. The molecule has 2 aliphatic heterocycles. The number of carbonyl (C=O) groups excluding carboxylic acids is 4. The van der Waals surface area contributed by atoms with Crippen LogP contribution in [-0.4, -0.2) is 58.4 Å². The molecule has 0 spiro atoms. The Morgan fingerprint density at radius 2 is 1.82 bits per heavy atom. The Hall–Kier alpha value is -3.79. The van der Waals surface area contributed by atoms with Crippen molar-refractivity contribution in [3.63, 3.8) is 0 Å². The molecule has 0 aliphatic carbocycles. The van der Waals surface area contributed by atoms with E-state index in [1.54, 1.807) is 40.7 Å². The van der Waals surface area contributed by atoms with Crippen LogP contribution in [0.25, 0.3) is 17.0 Å². The largest absolute Gasteiger partial charge is 0.451 e. The van der Waals surface area contributed by atoms with Crippen molar-refractivity contribution in [1.29, 1.82) is 0 Å². The molecule has 2 aromatic rings. The van der Waals surface area contributed by atoms with Gasteiger partial charge in [-0.05, 0) is 57.2 Å². The average Bonchev–Trinajstić information content (AvgIpc) is 2.91. The van der Waals surface area contributed by atoms with Crippen LogP contribution in [-0.2, 0) is 30.5 Å². The number of ether oxygens (including phenoxy) is 1. The molecule has 1 saturated heterocycles. The summed E-state index contributed by atoms with van der Waals surface area (Å²) in [6.07, 6.45) is 3.68. The van der Waals surface area contributed by atoms with Crippen LogP contribution in [0.5, 0.6) is 0 Å². The fourth-order valence-electron chi connectivity index (χ4n) is 4.54. The Bertz CT molecular complexity index is 1300. The number of aromatic nitrogens is 1. The van der Waals surface area contributed by atoms with Crippen molar-refractivity contribution < 1.29 is 23.9 Å². The number of rotatable bonds is 1. The van der Waals surface area contributed by atoms with Crippen molar-refractivity contribution in [3.8, 4) is 0 Å². The lowest BCUT2D eigenvalue weighted by Gasteiger charge is -2.35. The van der Waals surface area contributed by atoms with Crippen molar-refractivity contribution in [2.45, 2.75) is 72.2 Å². The predicted molar refractivity (Wildman–Crippen MR) is 147 cm³/mol. The minimum absolute atomic E-state index is 0.234. The highest BCUT2D eigenvalue weighted by molar-refractivity contribution is 5.91. The first-order valence-corrected chi connectivity index (χ1v) is 13.4. The molecule has 1 aromatic heterocycles. The summed E-state index contributed by atoms with van der Waals surface area (Å²) < 4.78 is 5.69. The van der Waals surface area contributed by atoms with E-state index in [0.717, 1.165) is 16.5 Å². The number of hydrazine groups is 1. The highest BCUT2D eigenvalue weighted by atomic mass is 16.5. The number of amides is 3. The Balaban J connectivity index is 1.67. The van der Waals surface area contributed by atoms with Gasteiger partial charge in [0, 0.05) is 11.9 Å². The van der Waals surface area contributed by atoms with Gasteiger partial charge in [0.1, 0.15) is 12.1 Å². The van der Waals surface area contributed by atoms with E-state index in [1.165, 1.54) is 5.01 Å². The molecule has 1 aromatic carbocycles. The molecule has 3 heterocycles. The monoisotopic (exact) mass is 535 g/mol. The Morgan fingerprint density at radius 1 is 1.08 bits per heavy atom. The van der Waals surface area contributed by atoms with Crippen LogP contribution in [0.1, 0.15) is 58.7 Å². The third-order valence-electron chi connectivity index (χ3n) is 7.03. The normalized spacial score (nSPS) is 25.7. The highest BCUT2D eigenvalue weighted by Crippen LogP contribution is 2.25. The Morgan fingerprint density at radius 3 is 2.56 bits per heavy atom. The van der Waals surface area contributed by atoms with E-state index in [0.29, 0.717) is 25.1 Å². The summed E-state index contributed by atoms with van der Waals surface area (Å²) in [5.74, 6) is -2.03. The van der Waals surface area contributed by atoms with Crippen molar-refractivity contribution in [3.05, 3.63) is 47.7 Å². The first-order valence-electron chi connectivity index (χ1n) is 13.4. The van der Waals surface area contributed by atoms with E-state index in [-0.39, 0.29) is 24.3 Å². The molecule has 39 heavy (non-hydrogen) atoms. The third kappa shape index (κ3) is 6.62. The van der Waals surface area contributed by atoms with E-state index in [4.69, 9.17) is 9.72 Å². The van der Waals surface area contributed by atoms with Crippen LogP contribution in [0.4, 0.5) is 0 Å². The number of hydrogen-bond acceptors (Lipinski definition) is 7. The Kier molecular flexibility index (Phi) is 8.34. The molecule has 4 rings (SSSR count). The Labute approximate surface area is 228 Å². The van der Waals surface area contributed by atoms with Gasteiger partial charge in [0.25, 0.3) is 11.8 Å². The summed E-state index contributed by atoms with van der Waals surface area (Å²) in [5.41, 5.74) is 4.29. The predicted octanol–water partition coefficient (Wildman–Crippen LogP) is 2.47. The first-order chi connectivity index (χ1) is 18.4. The summed E-state index contributed by atoms with van der Waals surface area (Å²) in [7, 11) is 0. The topological polar surface area (TPSA) is 130 Å². The van der Waals surface area contributed by atoms with Crippen molar-refractivity contribution in [1.82, 2.24) is 26.1 Å². The summed E-state index contributed by atoms with van der Waals surface area (Å²) in [6.45, 7) is 9.22. The number of nitrogens with one attached hydrogen (secondary N) is 3. The lowest BCUT2D eigenvalue weighted by molar-refractivity contribution is -0.165. The molecule has 1 fully saturated rings. The van der Waals surface area contributed by atoms with Crippen LogP contribution in [0.2, 0.25) is 0 Å². The zero-order valence-electron chi connectivity index (χ0n) is 23.1. The molecule has 10 nitrogen and oxygen atoms in total. The van der Waals surface area contributed by atoms with Crippen LogP contribution < -0.4 is 16.1 Å². The van der Waals surface area contributed by atoms with Gasteiger partial charge < -0.3 is 15.4 Å². The molecule has 3 N–H and O–H groups in total. The molecule has 3 amide bonds. The SMILES string of the molecule is CC(C)[C@@H]1OC(=O)C(C)(C)/C=C/c2ccc3ccc(nc3c2)CNC(=O)[C@@H]2CCCN(N2)C(=O)[C@H](C)NC1=O. The van der Waals surface area contributed by atoms with Gasteiger partial charge >= 0.3 is 5.97 Å². The highest BCUT2D eigenvalue weighted by Gasteiger charge is 2.36. The van der Waals surface area contributed by atoms with Crippen LogP contribution >= 0.6 is 0 Å². The van der Waals surface area contributed by atoms with Gasteiger partial charge in [-0.2, -0.15) is 0 Å². The quantitative estimate of drug-likeness (QED) is 0.479. The second kappa shape index (κ2) is 11.5. The second-order valence-corrected chi connectivity index (χ2v) is 11.1. The van der Waals surface area contributed by atoms with Crippen LogP contribution in [0, 0.1) is 11.3 Å². The number of benzene rings is 1. The number of cyclic esters (lactones) is 1. The summed E-state index contributed by atoms with van der Waals surface area (Å²) >= 11 is 0. The molecular formula is C29H37N5O5. The number of pyridine rings is 1. The lowest BCUT2D eigenvalue weighted by atomic mass is 9.92. The van der Waals surface area contributed by atoms with E-state index < -0.39 is 35.5 Å². The van der Waals surface area contributed by atoms with E-state index in [2.05, 4.69) is 16.1 Å². The molecule has 5 bridgehead atoms. The molecule has 2 aliphatic rings. The maximum atomic E-state index is 13.2. The average molecular weight is 536 g/mol. The lowest BCUT2D eigenvalue weighted by Crippen LogP contribution is -2.61. The van der Waals surface area contributed by atoms with Gasteiger partial charge in [-0.3, -0.25) is 29.2 Å². The van der Waals surface area contributed by atoms with Crippen molar-refractivity contribution >= 4 is 40.7 Å². The van der Waals surface area contributed by atoms with E-state index in [9.17, 15) is 19.2 Å². The molecule has 0 unspecified atom stereocenters. The van der Waals surface area contributed by atoms with Gasteiger partial charge in [-0.15, -0.1) is 0 Å². The van der Waals surface area contributed by atoms with Crippen molar-refractivity contribution in [2.75, 3.05) is 6.54 Å². The summed E-state index contributed by atoms with van der Waals surface area (Å²) in [5, 5.41) is 7.93. The summed E-state index contributed by atoms with van der Waals surface area (Å²) in [6, 6.07) is 8.13. The number of esters is 1. The smallest absolute Gasteiger partial charge is 0.316 e. The fraction of sp³-hybridized carbons (Fsp3) is 0.483. The van der Waals surface area contributed by atoms with Crippen LogP contribution in [0.3, 0.4) is 0 Å². The molecule has 208 valence electrons. The molecular weight excluding hydrogens is 498 g/mol. The van der Waals surface area contributed by atoms with E-state index in [1.807, 2.05) is 36.4 Å². The third-order valence-corrected chi connectivity index (χ3v) is 7.03. The molecule has 3 atom stereocenters. The molecule has 10 heteroatoms. The van der Waals surface area contributed by atoms with Gasteiger partial charge in [-0.1, -0.05) is 44.2 Å². The minimum Gasteiger partial charge on any atom is -0.451 e. The second-order valence-electron chi connectivity index (χ2n) is 11.1. The maximum absolute atomic E-state index is 13.2. The maximum Gasteiger partial charge on any atom is 0.316 e. The van der Waals surface area contributed by atoms with Gasteiger partial charge in [0.15, 0.2) is 6.10 Å². The minimum atomic E-state index is -1.08. The number of carbonyl (C=O) groups is 4. The molecule has 0 saturated carbocycles. The molecule has 0 radical (unpaired) electrons.